The molecule has 0 radical (unpaired) electrons. The Morgan fingerprint density at radius 1 is 1.40 bits per heavy atom. The van der Waals surface area contributed by atoms with Crippen LogP contribution in [0.25, 0.3) is 0 Å². The van der Waals surface area contributed by atoms with Gasteiger partial charge in [0.2, 0.25) is 5.91 Å². The van der Waals surface area contributed by atoms with Gasteiger partial charge in [0.25, 0.3) is 5.56 Å². The summed E-state index contributed by atoms with van der Waals surface area (Å²) in [5, 5.41) is 3.09. The smallest absolute Gasteiger partial charge is 0.293 e. The van der Waals surface area contributed by atoms with Gasteiger partial charge in [0.15, 0.2) is 5.82 Å². The summed E-state index contributed by atoms with van der Waals surface area (Å²) in [4.78, 5) is 30.7. The number of aryl methyl sites for hydroxylation is 2. The van der Waals surface area contributed by atoms with E-state index in [0.29, 0.717) is 25.2 Å². The van der Waals surface area contributed by atoms with E-state index in [-0.39, 0.29) is 17.5 Å². The molecular formula is C18H24N4O3. The van der Waals surface area contributed by atoms with E-state index in [1.165, 1.54) is 0 Å². The van der Waals surface area contributed by atoms with Gasteiger partial charge in [-0.25, -0.2) is 4.98 Å². The van der Waals surface area contributed by atoms with E-state index in [9.17, 15) is 9.59 Å². The van der Waals surface area contributed by atoms with Crippen LogP contribution >= 0.6 is 0 Å². The van der Waals surface area contributed by atoms with Gasteiger partial charge in [0.05, 0.1) is 12.5 Å². The largest absolute Gasteiger partial charge is 0.472 e. The number of anilines is 1. The molecule has 7 heteroatoms. The SMILES string of the molecule is CCn1ccnc(N2CCC(NC(=O)CCc3ccoc3)CC2)c1=O. The number of piperidine rings is 1. The molecule has 0 bridgehead atoms. The highest BCUT2D eigenvalue weighted by Crippen LogP contribution is 2.15. The van der Waals surface area contributed by atoms with E-state index in [0.717, 1.165) is 31.5 Å². The van der Waals surface area contributed by atoms with Crippen molar-refractivity contribution < 1.29 is 9.21 Å². The van der Waals surface area contributed by atoms with Crippen molar-refractivity contribution in [2.75, 3.05) is 18.0 Å². The number of rotatable bonds is 6. The quantitative estimate of drug-likeness (QED) is 0.860. The number of hydrogen-bond acceptors (Lipinski definition) is 5. The molecule has 0 atom stereocenters. The van der Waals surface area contributed by atoms with Crippen molar-refractivity contribution in [3.8, 4) is 0 Å². The molecule has 1 fully saturated rings. The maximum atomic E-state index is 12.3. The predicted molar refractivity (Wildman–Crippen MR) is 94.6 cm³/mol. The normalized spacial score (nSPS) is 15.3. The standard InChI is InChI=1S/C18H24N4O3/c1-2-21-11-8-19-17(18(21)24)22-9-5-15(6-10-22)20-16(23)4-3-14-7-12-25-13-14/h7-8,11-13,15H,2-6,9-10H2,1H3,(H,20,23). The van der Waals surface area contributed by atoms with Crippen molar-refractivity contribution in [2.24, 2.45) is 0 Å². The predicted octanol–water partition coefficient (Wildman–Crippen LogP) is 1.57. The minimum absolute atomic E-state index is 0.0485. The number of carbonyl (C=O) groups excluding carboxylic acids is 1. The zero-order valence-electron chi connectivity index (χ0n) is 14.5. The number of aromatic nitrogens is 2. The number of furan rings is 1. The third-order valence-electron chi connectivity index (χ3n) is 4.62. The van der Waals surface area contributed by atoms with Gasteiger partial charge < -0.3 is 19.2 Å². The Balaban J connectivity index is 1.48. The highest BCUT2D eigenvalue weighted by molar-refractivity contribution is 5.76. The van der Waals surface area contributed by atoms with Crippen LogP contribution in [0.3, 0.4) is 0 Å². The van der Waals surface area contributed by atoms with Gasteiger partial charge in [0, 0.05) is 44.5 Å². The summed E-state index contributed by atoms with van der Waals surface area (Å²) in [7, 11) is 0. The first-order valence-electron chi connectivity index (χ1n) is 8.78. The van der Waals surface area contributed by atoms with Crippen molar-refractivity contribution >= 4 is 11.7 Å². The van der Waals surface area contributed by atoms with Crippen LogP contribution in [-0.2, 0) is 17.8 Å². The number of hydrogen-bond donors (Lipinski definition) is 1. The first-order valence-corrected chi connectivity index (χ1v) is 8.78. The zero-order valence-corrected chi connectivity index (χ0v) is 14.5. The molecule has 7 nitrogen and oxygen atoms in total. The first-order chi connectivity index (χ1) is 12.2. The van der Waals surface area contributed by atoms with Gasteiger partial charge >= 0.3 is 0 Å². The topological polar surface area (TPSA) is 80.4 Å². The van der Waals surface area contributed by atoms with E-state index < -0.39 is 0 Å². The molecule has 0 spiro atoms. The van der Waals surface area contributed by atoms with Crippen molar-refractivity contribution in [3.05, 3.63) is 46.9 Å². The summed E-state index contributed by atoms with van der Waals surface area (Å²) in [5.74, 6) is 0.569. The molecule has 0 saturated carbocycles. The Morgan fingerprint density at radius 3 is 2.88 bits per heavy atom. The molecular weight excluding hydrogens is 320 g/mol. The minimum atomic E-state index is -0.0485. The van der Waals surface area contributed by atoms with Crippen LogP contribution in [0.4, 0.5) is 5.82 Å². The van der Waals surface area contributed by atoms with Crippen LogP contribution in [0.15, 0.2) is 40.2 Å². The molecule has 1 amide bonds. The number of nitrogens with zero attached hydrogens (tertiary/aromatic N) is 3. The average molecular weight is 344 g/mol. The Labute approximate surface area is 146 Å². The molecule has 25 heavy (non-hydrogen) atoms. The molecule has 134 valence electrons. The van der Waals surface area contributed by atoms with Gasteiger partial charge in [0.1, 0.15) is 0 Å². The second-order valence-electron chi connectivity index (χ2n) is 6.30. The Bertz CT molecular complexity index is 746. The van der Waals surface area contributed by atoms with E-state index in [1.807, 2.05) is 17.9 Å². The lowest BCUT2D eigenvalue weighted by Crippen LogP contribution is -2.46. The first kappa shape index (κ1) is 17.3. The fourth-order valence-electron chi connectivity index (χ4n) is 3.13. The average Bonchev–Trinajstić information content (AvgIpc) is 3.15. The maximum Gasteiger partial charge on any atom is 0.293 e. The van der Waals surface area contributed by atoms with E-state index >= 15 is 0 Å². The molecule has 1 N–H and O–H groups in total. The lowest BCUT2D eigenvalue weighted by Gasteiger charge is -2.32. The van der Waals surface area contributed by atoms with Crippen LogP contribution in [-0.4, -0.2) is 34.6 Å². The van der Waals surface area contributed by atoms with E-state index in [2.05, 4.69) is 10.3 Å². The fourth-order valence-corrected chi connectivity index (χ4v) is 3.13. The Kier molecular flexibility index (Phi) is 5.53. The third-order valence-corrected chi connectivity index (χ3v) is 4.62. The summed E-state index contributed by atoms with van der Waals surface area (Å²) < 4.78 is 6.67. The van der Waals surface area contributed by atoms with Gasteiger partial charge in [-0.2, -0.15) is 0 Å². The molecule has 3 heterocycles. The number of carbonyl (C=O) groups is 1. The lowest BCUT2D eigenvalue weighted by molar-refractivity contribution is -0.121. The zero-order chi connectivity index (χ0) is 17.6. The van der Waals surface area contributed by atoms with Crippen LogP contribution < -0.4 is 15.8 Å². The fraction of sp³-hybridized carbons (Fsp3) is 0.500. The van der Waals surface area contributed by atoms with Crippen LogP contribution in [0.5, 0.6) is 0 Å². The molecule has 2 aromatic rings. The van der Waals surface area contributed by atoms with Crippen LogP contribution in [0, 0.1) is 0 Å². The molecule has 1 saturated heterocycles. The number of amides is 1. The van der Waals surface area contributed by atoms with Gasteiger partial charge in [-0.15, -0.1) is 0 Å². The van der Waals surface area contributed by atoms with Gasteiger partial charge in [-0.05, 0) is 37.8 Å². The Morgan fingerprint density at radius 2 is 2.20 bits per heavy atom. The van der Waals surface area contributed by atoms with Gasteiger partial charge in [-0.3, -0.25) is 9.59 Å². The van der Waals surface area contributed by atoms with E-state index in [1.54, 1.807) is 29.5 Å². The van der Waals surface area contributed by atoms with Crippen molar-refractivity contribution in [2.45, 2.75) is 45.2 Å². The van der Waals surface area contributed by atoms with Crippen molar-refractivity contribution in [3.63, 3.8) is 0 Å². The highest BCUT2D eigenvalue weighted by Gasteiger charge is 2.23. The summed E-state index contributed by atoms with van der Waals surface area (Å²) in [5.41, 5.74) is 0.986. The molecule has 1 aliphatic heterocycles. The van der Waals surface area contributed by atoms with E-state index in [4.69, 9.17) is 4.42 Å². The second-order valence-corrected chi connectivity index (χ2v) is 6.30. The third kappa shape index (κ3) is 4.29. The molecule has 0 aromatic carbocycles. The van der Waals surface area contributed by atoms with Crippen LogP contribution in [0.2, 0.25) is 0 Å². The molecule has 0 unspecified atom stereocenters. The highest BCUT2D eigenvalue weighted by atomic mass is 16.3. The maximum absolute atomic E-state index is 12.3. The van der Waals surface area contributed by atoms with Crippen LogP contribution in [0.1, 0.15) is 31.7 Å². The molecule has 2 aromatic heterocycles. The molecule has 1 aliphatic rings. The summed E-state index contributed by atoms with van der Waals surface area (Å²) >= 11 is 0. The minimum Gasteiger partial charge on any atom is -0.472 e. The van der Waals surface area contributed by atoms with Gasteiger partial charge in [-0.1, -0.05) is 0 Å². The second kappa shape index (κ2) is 8.00. The number of nitrogens with one attached hydrogen (secondary N) is 1. The summed E-state index contributed by atoms with van der Waals surface area (Å²) in [6.45, 7) is 4.03. The van der Waals surface area contributed by atoms with Crippen molar-refractivity contribution in [1.82, 2.24) is 14.9 Å². The molecule has 3 rings (SSSR count). The monoisotopic (exact) mass is 344 g/mol. The molecule has 0 aliphatic carbocycles. The lowest BCUT2D eigenvalue weighted by atomic mass is 10.0. The van der Waals surface area contributed by atoms with Crippen molar-refractivity contribution in [1.29, 1.82) is 0 Å². The Hall–Kier alpha value is -2.57. The summed E-state index contributed by atoms with van der Waals surface area (Å²) in [6, 6.07) is 2.03. The summed E-state index contributed by atoms with van der Waals surface area (Å²) in [6.07, 6.45) is 9.45.